The summed E-state index contributed by atoms with van der Waals surface area (Å²) in [7, 11) is 0. The molecular formula is C17H22ClF2N3O2. The highest BCUT2D eigenvalue weighted by molar-refractivity contribution is 6.31. The van der Waals surface area contributed by atoms with Gasteiger partial charge in [0.15, 0.2) is 11.6 Å². The summed E-state index contributed by atoms with van der Waals surface area (Å²) >= 11 is 5.59. The average Bonchev–Trinajstić information content (AvgIpc) is 2.92. The second kappa shape index (κ2) is 8.10. The van der Waals surface area contributed by atoms with Gasteiger partial charge in [0, 0.05) is 30.4 Å². The highest BCUT2D eigenvalue weighted by Crippen LogP contribution is 2.27. The minimum Gasteiger partial charge on any atom is -0.338 e. The Morgan fingerprint density at radius 1 is 1.36 bits per heavy atom. The van der Waals surface area contributed by atoms with E-state index < -0.39 is 22.6 Å². The molecule has 5 nitrogen and oxygen atoms in total. The van der Waals surface area contributed by atoms with E-state index in [9.17, 15) is 18.4 Å². The van der Waals surface area contributed by atoms with E-state index in [1.807, 2.05) is 20.8 Å². The summed E-state index contributed by atoms with van der Waals surface area (Å²) < 4.78 is 26.6. The number of rotatable bonds is 5. The van der Waals surface area contributed by atoms with Crippen molar-refractivity contribution in [2.75, 3.05) is 18.4 Å². The molecule has 1 aliphatic heterocycles. The normalized spacial score (nSPS) is 20.2. The molecule has 8 heteroatoms. The topological polar surface area (TPSA) is 61.4 Å². The molecule has 0 spiro atoms. The molecule has 0 saturated carbocycles. The average molecular weight is 374 g/mol. The number of carbonyl (C=O) groups is 2. The van der Waals surface area contributed by atoms with Gasteiger partial charge in [-0.2, -0.15) is 0 Å². The maximum absolute atomic E-state index is 13.4. The van der Waals surface area contributed by atoms with Crippen LogP contribution in [0.5, 0.6) is 0 Å². The van der Waals surface area contributed by atoms with Crippen LogP contribution in [0.4, 0.5) is 14.5 Å². The van der Waals surface area contributed by atoms with Crippen molar-refractivity contribution < 1.29 is 18.4 Å². The molecule has 2 amide bonds. The molecule has 2 N–H and O–H groups in total. The zero-order valence-corrected chi connectivity index (χ0v) is 15.2. The fraction of sp³-hybridized carbons (Fsp3) is 0.529. The molecule has 1 heterocycles. The Kier molecular flexibility index (Phi) is 6.35. The van der Waals surface area contributed by atoms with Crippen LogP contribution in [0.3, 0.4) is 0 Å². The van der Waals surface area contributed by atoms with Crippen molar-refractivity contribution in [2.24, 2.45) is 5.92 Å². The van der Waals surface area contributed by atoms with Gasteiger partial charge in [-0.1, -0.05) is 25.4 Å². The molecule has 25 heavy (non-hydrogen) atoms. The molecule has 1 saturated heterocycles. The smallest absolute Gasteiger partial charge is 0.236 e. The molecule has 0 aromatic heterocycles. The number of hydrogen-bond acceptors (Lipinski definition) is 3. The lowest BCUT2D eigenvalue weighted by atomic mass is 10.0. The van der Waals surface area contributed by atoms with E-state index >= 15 is 0 Å². The fourth-order valence-corrected chi connectivity index (χ4v) is 3.11. The SMILES string of the molecule is CC(C)NCC(=O)N1CCC(C(=O)Nc2cc(F)c(F)c(Cl)c2)[C@@H]1C. The summed E-state index contributed by atoms with van der Waals surface area (Å²) in [5, 5.41) is 5.21. The minimum absolute atomic E-state index is 0.0626. The molecule has 2 rings (SSSR count). The second-order valence-corrected chi connectivity index (χ2v) is 6.91. The largest absolute Gasteiger partial charge is 0.338 e. The Bertz CT molecular complexity index is 646. The standard InChI is InChI=1S/C17H22ClF2N3O2/c1-9(2)21-8-15(24)23-5-4-12(10(23)3)17(25)22-11-6-13(18)16(20)14(19)7-11/h6-7,9-10,12,21H,4-5,8H2,1-3H3,(H,22,25)/t10-,12?/m0/s1. The summed E-state index contributed by atoms with van der Waals surface area (Å²) in [5.74, 6) is -3.11. The number of halogens is 3. The van der Waals surface area contributed by atoms with Crippen molar-refractivity contribution in [3.63, 3.8) is 0 Å². The first kappa shape index (κ1) is 19.6. The summed E-state index contributed by atoms with van der Waals surface area (Å²) in [6.45, 7) is 6.40. The highest BCUT2D eigenvalue weighted by Gasteiger charge is 2.38. The van der Waals surface area contributed by atoms with Crippen molar-refractivity contribution in [2.45, 2.75) is 39.3 Å². The van der Waals surface area contributed by atoms with E-state index in [1.165, 1.54) is 0 Å². The minimum atomic E-state index is -1.15. The predicted molar refractivity (Wildman–Crippen MR) is 92.4 cm³/mol. The van der Waals surface area contributed by atoms with Crippen LogP contribution in [-0.4, -0.2) is 41.9 Å². The lowest BCUT2D eigenvalue weighted by molar-refractivity contribution is -0.131. The zero-order chi connectivity index (χ0) is 18.7. The molecule has 1 unspecified atom stereocenters. The molecule has 1 aliphatic rings. The van der Waals surface area contributed by atoms with Gasteiger partial charge in [0.1, 0.15) is 0 Å². The van der Waals surface area contributed by atoms with Crippen LogP contribution >= 0.6 is 11.6 Å². The third kappa shape index (κ3) is 4.67. The Balaban J connectivity index is 2.00. The molecule has 138 valence electrons. The Hall–Kier alpha value is -1.73. The van der Waals surface area contributed by atoms with E-state index in [0.29, 0.717) is 13.0 Å². The number of likely N-dealkylation sites (tertiary alicyclic amines) is 1. The Labute approximate surface area is 150 Å². The Morgan fingerprint density at radius 2 is 2.04 bits per heavy atom. The van der Waals surface area contributed by atoms with Gasteiger partial charge >= 0.3 is 0 Å². The number of anilines is 1. The molecule has 0 bridgehead atoms. The summed E-state index contributed by atoms with van der Waals surface area (Å²) in [4.78, 5) is 26.3. The first-order valence-corrected chi connectivity index (χ1v) is 8.56. The van der Waals surface area contributed by atoms with Gasteiger partial charge < -0.3 is 15.5 Å². The van der Waals surface area contributed by atoms with Crippen molar-refractivity contribution in [1.82, 2.24) is 10.2 Å². The number of nitrogens with one attached hydrogen (secondary N) is 2. The van der Waals surface area contributed by atoms with Gasteiger partial charge in [0.05, 0.1) is 17.5 Å². The monoisotopic (exact) mass is 373 g/mol. The van der Waals surface area contributed by atoms with Crippen LogP contribution < -0.4 is 10.6 Å². The molecule has 2 atom stereocenters. The summed E-state index contributed by atoms with van der Waals surface area (Å²) in [6, 6.07) is 1.96. The number of carbonyl (C=O) groups excluding carboxylic acids is 2. The van der Waals surface area contributed by atoms with Gasteiger partial charge in [-0.05, 0) is 19.4 Å². The molecule has 1 aromatic rings. The zero-order valence-electron chi connectivity index (χ0n) is 14.4. The van der Waals surface area contributed by atoms with E-state index in [1.54, 1.807) is 4.90 Å². The first-order chi connectivity index (χ1) is 11.7. The van der Waals surface area contributed by atoms with Crippen molar-refractivity contribution in [3.05, 3.63) is 28.8 Å². The maximum atomic E-state index is 13.4. The first-order valence-electron chi connectivity index (χ1n) is 8.19. The lowest BCUT2D eigenvalue weighted by Crippen LogP contribution is -2.44. The second-order valence-electron chi connectivity index (χ2n) is 6.50. The lowest BCUT2D eigenvalue weighted by Gasteiger charge is -2.25. The molecule has 0 aliphatic carbocycles. The van der Waals surface area contributed by atoms with Gasteiger partial charge in [-0.15, -0.1) is 0 Å². The van der Waals surface area contributed by atoms with E-state index in [2.05, 4.69) is 10.6 Å². The van der Waals surface area contributed by atoms with Crippen LogP contribution in [0, 0.1) is 17.6 Å². The third-order valence-electron chi connectivity index (χ3n) is 4.32. The maximum Gasteiger partial charge on any atom is 0.236 e. The Morgan fingerprint density at radius 3 is 2.64 bits per heavy atom. The van der Waals surface area contributed by atoms with Crippen LogP contribution in [0.15, 0.2) is 12.1 Å². The van der Waals surface area contributed by atoms with Crippen molar-refractivity contribution in [3.8, 4) is 0 Å². The molecule has 1 fully saturated rings. The molecule has 0 radical (unpaired) electrons. The van der Waals surface area contributed by atoms with Crippen LogP contribution in [-0.2, 0) is 9.59 Å². The number of benzene rings is 1. The quantitative estimate of drug-likeness (QED) is 0.780. The molecular weight excluding hydrogens is 352 g/mol. The third-order valence-corrected chi connectivity index (χ3v) is 4.60. The van der Waals surface area contributed by atoms with Gasteiger partial charge in [-0.3, -0.25) is 9.59 Å². The number of amides is 2. The summed E-state index contributed by atoms with van der Waals surface area (Å²) in [5.41, 5.74) is 0.0901. The van der Waals surface area contributed by atoms with Crippen LogP contribution in [0.2, 0.25) is 5.02 Å². The predicted octanol–water partition coefficient (Wildman–Crippen LogP) is 2.79. The van der Waals surface area contributed by atoms with E-state index in [4.69, 9.17) is 11.6 Å². The molecule has 1 aromatic carbocycles. The summed E-state index contributed by atoms with van der Waals surface area (Å²) in [6.07, 6.45) is 0.512. The van der Waals surface area contributed by atoms with Gasteiger partial charge in [-0.25, -0.2) is 8.78 Å². The highest BCUT2D eigenvalue weighted by atomic mass is 35.5. The van der Waals surface area contributed by atoms with Crippen molar-refractivity contribution in [1.29, 1.82) is 0 Å². The van der Waals surface area contributed by atoms with Crippen molar-refractivity contribution >= 4 is 29.1 Å². The van der Waals surface area contributed by atoms with Gasteiger partial charge in [0.25, 0.3) is 0 Å². The fourth-order valence-electron chi connectivity index (χ4n) is 2.90. The number of hydrogen-bond donors (Lipinski definition) is 2. The van der Waals surface area contributed by atoms with E-state index in [0.717, 1.165) is 12.1 Å². The number of nitrogens with zero attached hydrogens (tertiary/aromatic N) is 1. The van der Waals surface area contributed by atoms with Crippen LogP contribution in [0.1, 0.15) is 27.2 Å². The van der Waals surface area contributed by atoms with Crippen LogP contribution in [0.25, 0.3) is 0 Å². The van der Waals surface area contributed by atoms with Gasteiger partial charge in [0.2, 0.25) is 11.8 Å². The van der Waals surface area contributed by atoms with E-state index in [-0.39, 0.29) is 36.1 Å².